The lowest BCUT2D eigenvalue weighted by Crippen LogP contribution is -2.51. The number of anilines is 2. The maximum absolute atomic E-state index is 13.1. The third-order valence-electron chi connectivity index (χ3n) is 6.56. The molecule has 3 aromatic rings. The molecule has 1 heterocycles. The number of carboxylic acid groups (broad SMARTS) is 1. The van der Waals surface area contributed by atoms with Crippen molar-refractivity contribution in [1.82, 2.24) is 9.62 Å². The Morgan fingerprint density at radius 3 is 2.29 bits per heavy atom. The summed E-state index contributed by atoms with van der Waals surface area (Å²) >= 11 is 0. The molecule has 13 heteroatoms. The molecule has 1 saturated heterocycles. The topological polar surface area (TPSA) is 195 Å². The first-order valence-electron chi connectivity index (χ1n) is 12.8. The molecule has 0 radical (unpaired) electrons. The van der Waals surface area contributed by atoms with Crippen molar-refractivity contribution >= 4 is 45.1 Å². The van der Waals surface area contributed by atoms with Crippen LogP contribution in [-0.4, -0.2) is 60.2 Å². The van der Waals surface area contributed by atoms with E-state index >= 15 is 0 Å². The monoisotopic (exact) mass is 578 g/mol. The van der Waals surface area contributed by atoms with E-state index in [1.54, 1.807) is 66.7 Å². The van der Waals surface area contributed by atoms with E-state index < -0.39 is 39.9 Å². The van der Waals surface area contributed by atoms with Crippen LogP contribution in [0.2, 0.25) is 0 Å². The Labute approximate surface area is 237 Å². The number of sulfonamides is 1. The van der Waals surface area contributed by atoms with Crippen molar-refractivity contribution < 1.29 is 27.9 Å². The van der Waals surface area contributed by atoms with Gasteiger partial charge in [0.1, 0.15) is 12.1 Å². The number of carbonyl (C=O) groups is 3. The number of hydrogen-bond donors (Lipinski definition) is 6. The quantitative estimate of drug-likeness (QED) is 0.156. The van der Waals surface area contributed by atoms with Crippen LogP contribution >= 0.6 is 0 Å². The van der Waals surface area contributed by atoms with Crippen molar-refractivity contribution in [2.24, 2.45) is 5.73 Å². The number of guanidine groups is 1. The summed E-state index contributed by atoms with van der Waals surface area (Å²) in [6.45, 7) is 0.162. The van der Waals surface area contributed by atoms with E-state index in [1.165, 1.54) is 12.1 Å². The average Bonchev–Trinajstić information content (AvgIpc) is 3.45. The fraction of sp³-hybridized carbons (Fsp3) is 0.214. The van der Waals surface area contributed by atoms with Gasteiger partial charge in [0.05, 0.1) is 16.1 Å². The van der Waals surface area contributed by atoms with Gasteiger partial charge in [0.25, 0.3) is 5.91 Å². The minimum Gasteiger partial charge on any atom is -0.480 e. The second-order valence-corrected chi connectivity index (χ2v) is 11.3. The van der Waals surface area contributed by atoms with Crippen LogP contribution < -0.4 is 21.7 Å². The number of amides is 2. The molecule has 0 bridgehead atoms. The molecule has 41 heavy (non-hydrogen) atoms. The number of nitrogens with one attached hydrogen (secondary N) is 4. The summed E-state index contributed by atoms with van der Waals surface area (Å²) < 4.78 is 27.3. The maximum Gasteiger partial charge on any atom is 0.326 e. The molecule has 1 aliphatic heterocycles. The Hall–Kier alpha value is -4.75. The Bertz CT molecular complexity index is 1550. The molecule has 3 aromatic carbocycles. The highest BCUT2D eigenvalue weighted by Gasteiger charge is 2.40. The number of para-hydroxylation sites is 1. The molecule has 12 nitrogen and oxygen atoms in total. The van der Waals surface area contributed by atoms with Gasteiger partial charge in [0, 0.05) is 18.7 Å². The lowest BCUT2D eigenvalue weighted by atomic mass is 10.0. The highest BCUT2D eigenvalue weighted by Crippen LogP contribution is 2.26. The first kappa shape index (κ1) is 29.2. The van der Waals surface area contributed by atoms with Crippen LogP contribution in [0.15, 0.2) is 83.8 Å². The van der Waals surface area contributed by atoms with Crippen LogP contribution in [0.5, 0.6) is 0 Å². The number of benzene rings is 3. The Balaban J connectivity index is 1.41. The number of nitrogens with two attached hydrogens (primary N) is 1. The van der Waals surface area contributed by atoms with Crippen LogP contribution in [0.1, 0.15) is 28.8 Å². The molecule has 2 amide bonds. The lowest BCUT2D eigenvalue weighted by Gasteiger charge is -2.25. The lowest BCUT2D eigenvalue weighted by molar-refractivity contribution is -0.142. The fourth-order valence-electron chi connectivity index (χ4n) is 4.58. The van der Waals surface area contributed by atoms with Crippen LogP contribution in [0.25, 0.3) is 0 Å². The van der Waals surface area contributed by atoms with Crippen molar-refractivity contribution in [2.45, 2.75) is 36.2 Å². The molecular weight excluding hydrogens is 548 g/mol. The molecule has 1 aliphatic rings. The number of nitrogens with zero attached hydrogens (tertiary/aromatic N) is 1. The summed E-state index contributed by atoms with van der Waals surface area (Å²) in [6.07, 6.45) is 0.701. The van der Waals surface area contributed by atoms with Gasteiger partial charge in [-0.05, 0) is 54.8 Å². The largest absolute Gasteiger partial charge is 0.480 e. The van der Waals surface area contributed by atoms with Crippen molar-refractivity contribution in [3.63, 3.8) is 0 Å². The molecule has 7 N–H and O–H groups in total. The predicted octanol–water partition coefficient (Wildman–Crippen LogP) is 2.21. The zero-order valence-corrected chi connectivity index (χ0v) is 22.7. The number of hydrogen-bond acceptors (Lipinski definition) is 6. The zero-order chi connectivity index (χ0) is 29.6. The van der Waals surface area contributed by atoms with Gasteiger partial charge >= 0.3 is 5.97 Å². The predicted molar refractivity (Wildman–Crippen MR) is 153 cm³/mol. The number of rotatable bonds is 10. The summed E-state index contributed by atoms with van der Waals surface area (Å²) in [5, 5.41) is 25.0. The van der Waals surface area contributed by atoms with E-state index in [-0.39, 0.29) is 35.8 Å². The van der Waals surface area contributed by atoms with Crippen LogP contribution in [-0.2, 0) is 26.0 Å². The van der Waals surface area contributed by atoms with Crippen molar-refractivity contribution in [2.75, 3.05) is 17.2 Å². The minimum absolute atomic E-state index is 0.0567. The zero-order valence-electron chi connectivity index (χ0n) is 21.9. The second-order valence-electron chi connectivity index (χ2n) is 9.43. The van der Waals surface area contributed by atoms with Crippen molar-refractivity contribution in [3.8, 4) is 0 Å². The highest BCUT2D eigenvalue weighted by atomic mass is 32.2. The van der Waals surface area contributed by atoms with E-state index in [9.17, 15) is 27.9 Å². The van der Waals surface area contributed by atoms with Gasteiger partial charge in [-0.15, -0.1) is 0 Å². The number of carbonyl (C=O) groups excluding carboxylic acids is 2. The van der Waals surface area contributed by atoms with Crippen LogP contribution in [0.3, 0.4) is 0 Å². The van der Waals surface area contributed by atoms with Gasteiger partial charge in [0.15, 0.2) is 5.96 Å². The molecule has 214 valence electrons. The first-order chi connectivity index (χ1) is 19.6. The molecule has 0 saturated carbocycles. The Kier molecular flexibility index (Phi) is 9.00. The van der Waals surface area contributed by atoms with Gasteiger partial charge < -0.3 is 26.8 Å². The van der Waals surface area contributed by atoms with Gasteiger partial charge in [-0.1, -0.05) is 42.5 Å². The summed E-state index contributed by atoms with van der Waals surface area (Å²) in [4.78, 5) is 37.9. The molecule has 2 atom stereocenters. The average molecular weight is 579 g/mol. The molecule has 0 unspecified atom stereocenters. The smallest absolute Gasteiger partial charge is 0.326 e. The standard InChI is InChI=1S/C28H30N6O6S/c29-28(30)33-22-10-5-4-9-21(22)25(35)31-19-14-12-18(13-15-19)17-23(27(37)38)32-26(36)24-11-6-16-34(24)41(39,40)20-7-2-1-3-8-20/h1-5,7-10,12-15,23-24H,6,11,16-17H2,(H,31,35)(H,32,36)(H,37,38)(H4,29,30,33)/t23-,24-/m0/s1. The number of carboxylic acids is 1. The van der Waals surface area contributed by atoms with E-state index in [0.717, 1.165) is 4.31 Å². The highest BCUT2D eigenvalue weighted by molar-refractivity contribution is 7.89. The van der Waals surface area contributed by atoms with E-state index in [4.69, 9.17) is 11.1 Å². The SMILES string of the molecule is N=C(N)Nc1ccccc1C(=O)Nc1ccc(C[C@H](NC(=O)[C@@H]2CCCN2S(=O)(=O)c2ccccc2)C(=O)O)cc1. The van der Waals surface area contributed by atoms with E-state index in [0.29, 0.717) is 23.4 Å². The van der Waals surface area contributed by atoms with Crippen molar-refractivity contribution in [1.29, 1.82) is 5.41 Å². The summed E-state index contributed by atoms with van der Waals surface area (Å²) in [5.41, 5.74) is 7.05. The number of aliphatic carboxylic acids is 1. The second kappa shape index (κ2) is 12.6. The normalized spacial score (nSPS) is 16.0. The summed E-state index contributed by atoms with van der Waals surface area (Å²) in [7, 11) is -3.92. The molecule has 0 spiro atoms. The van der Waals surface area contributed by atoms with E-state index in [1.807, 2.05) is 0 Å². The maximum atomic E-state index is 13.1. The summed E-state index contributed by atoms with van der Waals surface area (Å²) in [6, 6.07) is 18.5. The van der Waals surface area contributed by atoms with Crippen LogP contribution in [0.4, 0.5) is 11.4 Å². The molecule has 0 aliphatic carbocycles. The molecular formula is C28H30N6O6S. The minimum atomic E-state index is -3.92. The third-order valence-corrected chi connectivity index (χ3v) is 8.49. The molecule has 1 fully saturated rings. The van der Waals surface area contributed by atoms with Gasteiger partial charge in [-0.25, -0.2) is 13.2 Å². The van der Waals surface area contributed by atoms with Gasteiger partial charge in [-0.3, -0.25) is 15.0 Å². The van der Waals surface area contributed by atoms with Gasteiger partial charge in [0.2, 0.25) is 15.9 Å². The Morgan fingerprint density at radius 1 is 0.976 bits per heavy atom. The van der Waals surface area contributed by atoms with Crippen LogP contribution in [0, 0.1) is 5.41 Å². The third kappa shape index (κ3) is 7.07. The first-order valence-corrected chi connectivity index (χ1v) is 14.2. The fourth-order valence-corrected chi connectivity index (χ4v) is 6.26. The molecule has 4 rings (SSSR count). The summed E-state index contributed by atoms with van der Waals surface area (Å²) in [5.74, 6) is -2.69. The van der Waals surface area contributed by atoms with Gasteiger partial charge in [-0.2, -0.15) is 4.31 Å². The van der Waals surface area contributed by atoms with Crippen molar-refractivity contribution in [3.05, 3.63) is 90.0 Å². The Morgan fingerprint density at radius 2 is 1.63 bits per heavy atom. The van der Waals surface area contributed by atoms with E-state index in [2.05, 4.69) is 16.0 Å². The molecule has 0 aromatic heterocycles.